The van der Waals surface area contributed by atoms with E-state index >= 15 is 0 Å². The number of nitrogens with one attached hydrogen (secondary N) is 3. The molecule has 7 heteroatoms. The van der Waals surface area contributed by atoms with Crippen molar-refractivity contribution in [2.24, 2.45) is 5.73 Å². The van der Waals surface area contributed by atoms with Gasteiger partial charge >= 0.3 is 0 Å². The molecule has 0 spiro atoms. The van der Waals surface area contributed by atoms with E-state index in [1.807, 2.05) is 48.5 Å². The smallest absolute Gasteiger partial charge is 0.229 e. The second kappa shape index (κ2) is 14.5. The lowest BCUT2D eigenvalue weighted by atomic mass is 9.90. The lowest BCUT2D eigenvalue weighted by molar-refractivity contribution is 0.0947. The number of ether oxygens (including phenoxy) is 1. The van der Waals surface area contributed by atoms with Crippen LogP contribution < -0.4 is 26.4 Å². The Morgan fingerprint density at radius 2 is 1.29 bits per heavy atom. The molecule has 3 aromatic rings. The molecular formula is C31H38N4O3. The highest BCUT2D eigenvalue weighted by Gasteiger charge is 2.27. The number of hydrogen-bond acceptors (Lipinski definition) is 7. The van der Waals surface area contributed by atoms with Gasteiger partial charge in [0.15, 0.2) is 11.5 Å². The van der Waals surface area contributed by atoms with Gasteiger partial charge in [-0.2, -0.15) is 0 Å². The molecule has 0 amide bonds. The van der Waals surface area contributed by atoms with Gasteiger partial charge in [0.25, 0.3) is 0 Å². The number of carbonyl (C=O) groups excluding carboxylic acids is 2. The van der Waals surface area contributed by atoms with Crippen molar-refractivity contribution in [3.8, 4) is 5.75 Å². The molecule has 38 heavy (non-hydrogen) atoms. The van der Waals surface area contributed by atoms with Gasteiger partial charge in [0.2, 0.25) is 5.78 Å². The van der Waals surface area contributed by atoms with Crippen molar-refractivity contribution in [1.29, 1.82) is 0 Å². The number of carbonyl (C=O) groups is 2. The van der Waals surface area contributed by atoms with Crippen molar-refractivity contribution in [2.75, 3.05) is 39.3 Å². The van der Waals surface area contributed by atoms with Gasteiger partial charge in [-0.3, -0.25) is 9.59 Å². The van der Waals surface area contributed by atoms with Crippen molar-refractivity contribution in [3.05, 3.63) is 89.2 Å². The Balaban J connectivity index is 1.15. The summed E-state index contributed by atoms with van der Waals surface area (Å²) in [7, 11) is 0. The Labute approximate surface area is 224 Å². The molecule has 0 fully saturated rings. The molecule has 5 N–H and O–H groups in total. The normalized spacial score (nSPS) is 13.0. The Morgan fingerprint density at radius 1 is 0.684 bits per heavy atom. The predicted octanol–water partition coefficient (Wildman–Crippen LogP) is 3.97. The van der Waals surface area contributed by atoms with E-state index in [1.165, 1.54) is 18.9 Å². The molecule has 1 aliphatic rings. The summed E-state index contributed by atoms with van der Waals surface area (Å²) < 4.78 is 5.84. The first-order valence-corrected chi connectivity index (χ1v) is 13.6. The lowest BCUT2D eigenvalue weighted by Gasteiger charge is -2.17. The molecule has 0 atom stereocenters. The third-order valence-electron chi connectivity index (χ3n) is 6.58. The quantitative estimate of drug-likeness (QED) is 0.214. The number of ketones is 2. The number of fused-ring (bicyclic) bond motifs is 2. The van der Waals surface area contributed by atoms with Gasteiger partial charge in [0.05, 0.1) is 0 Å². The third-order valence-corrected chi connectivity index (χ3v) is 6.58. The maximum Gasteiger partial charge on any atom is 0.229 e. The van der Waals surface area contributed by atoms with Crippen molar-refractivity contribution in [3.63, 3.8) is 0 Å². The zero-order valence-electron chi connectivity index (χ0n) is 21.9. The topological polar surface area (TPSA) is 105 Å². The van der Waals surface area contributed by atoms with Crippen molar-refractivity contribution >= 4 is 22.3 Å². The molecule has 0 heterocycles. The van der Waals surface area contributed by atoms with Crippen LogP contribution in [0, 0.1) is 0 Å². The molecule has 1 aliphatic carbocycles. The predicted molar refractivity (Wildman–Crippen MR) is 153 cm³/mol. The molecule has 0 aliphatic heterocycles. The highest BCUT2D eigenvalue weighted by atomic mass is 16.5. The summed E-state index contributed by atoms with van der Waals surface area (Å²) in [5.74, 6) is 0.0954. The van der Waals surface area contributed by atoms with Crippen LogP contribution in [0.3, 0.4) is 0 Å². The molecule has 4 rings (SSSR count). The third kappa shape index (κ3) is 7.82. The van der Waals surface area contributed by atoms with E-state index in [-0.39, 0.29) is 17.3 Å². The van der Waals surface area contributed by atoms with Crippen LogP contribution in [-0.2, 0) is 6.54 Å². The molecule has 0 aromatic heterocycles. The fourth-order valence-electron chi connectivity index (χ4n) is 4.45. The average Bonchev–Trinajstić information content (AvgIpc) is 2.94. The summed E-state index contributed by atoms with van der Waals surface area (Å²) in [5.41, 5.74) is 7.42. The van der Waals surface area contributed by atoms with Crippen LogP contribution in [0.25, 0.3) is 10.8 Å². The molecule has 3 aromatic carbocycles. The maximum absolute atomic E-state index is 13.1. The summed E-state index contributed by atoms with van der Waals surface area (Å²) in [6.07, 6.45) is 5.76. The largest absolute Gasteiger partial charge is 0.453 e. The van der Waals surface area contributed by atoms with Crippen LogP contribution in [0.1, 0.15) is 52.0 Å². The van der Waals surface area contributed by atoms with E-state index in [4.69, 9.17) is 10.5 Å². The number of allylic oxidation sites excluding steroid dienone is 2. The van der Waals surface area contributed by atoms with E-state index < -0.39 is 0 Å². The highest BCUT2D eigenvalue weighted by molar-refractivity contribution is 6.25. The summed E-state index contributed by atoms with van der Waals surface area (Å²) in [4.78, 5) is 25.8. The van der Waals surface area contributed by atoms with E-state index in [2.05, 4.69) is 16.0 Å². The van der Waals surface area contributed by atoms with E-state index in [9.17, 15) is 9.59 Å². The van der Waals surface area contributed by atoms with Crippen LogP contribution in [0.4, 0.5) is 0 Å². The molecule has 0 bridgehead atoms. The van der Waals surface area contributed by atoms with Gasteiger partial charge in [-0.1, -0.05) is 36.4 Å². The first kappa shape index (κ1) is 27.7. The number of benzene rings is 3. The van der Waals surface area contributed by atoms with Gasteiger partial charge in [0, 0.05) is 23.7 Å². The van der Waals surface area contributed by atoms with Crippen LogP contribution >= 0.6 is 0 Å². The summed E-state index contributed by atoms with van der Waals surface area (Å²) in [6, 6.07) is 18.9. The van der Waals surface area contributed by atoms with Crippen LogP contribution in [-0.4, -0.2) is 50.8 Å². The minimum Gasteiger partial charge on any atom is -0.453 e. The van der Waals surface area contributed by atoms with Crippen molar-refractivity contribution in [2.45, 2.75) is 32.2 Å². The molecule has 0 radical (unpaired) electrons. The highest BCUT2D eigenvalue weighted by Crippen LogP contribution is 2.28. The van der Waals surface area contributed by atoms with Gasteiger partial charge in [0.1, 0.15) is 5.75 Å². The summed E-state index contributed by atoms with van der Waals surface area (Å²) in [6.45, 7) is 6.56. The van der Waals surface area contributed by atoms with E-state index in [0.717, 1.165) is 75.0 Å². The first-order valence-electron chi connectivity index (χ1n) is 13.6. The van der Waals surface area contributed by atoms with Crippen molar-refractivity contribution in [1.82, 2.24) is 16.0 Å². The van der Waals surface area contributed by atoms with E-state index in [1.54, 1.807) is 12.1 Å². The Kier molecular flexibility index (Phi) is 10.6. The van der Waals surface area contributed by atoms with Gasteiger partial charge in [-0.25, -0.2) is 0 Å². The number of unbranched alkanes of at least 4 members (excludes halogenated alkanes) is 1. The molecule has 0 saturated carbocycles. The zero-order chi connectivity index (χ0) is 26.6. The first-order chi connectivity index (χ1) is 18.7. The fraction of sp³-hybridized carbons (Fsp3) is 0.355. The zero-order valence-corrected chi connectivity index (χ0v) is 21.9. The second-order valence-electron chi connectivity index (χ2n) is 9.57. The minimum absolute atomic E-state index is 0.0546. The number of rotatable bonds is 16. The van der Waals surface area contributed by atoms with E-state index in [0.29, 0.717) is 16.9 Å². The fourth-order valence-corrected chi connectivity index (χ4v) is 4.45. The molecule has 200 valence electrons. The Bertz CT molecular complexity index is 1250. The van der Waals surface area contributed by atoms with Gasteiger partial charge < -0.3 is 26.4 Å². The van der Waals surface area contributed by atoms with Crippen LogP contribution in [0.2, 0.25) is 0 Å². The standard InChI is InChI=1S/C31H38N4O3/c32-13-5-16-33-14-3-4-15-34-17-6-18-35-22-23-9-11-26(12-10-23)38-30-21-29(36)27-19-24-7-1-2-8-25(24)20-28(27)31(30)37/h1-2,7-12,19-21,33-35H,3-6,13-18,22,32H2. The molecular weight excluding hydrogens is 476 g/mol. The minimum atomic E-state index is -0.274. The number of Topliss-reactive ketones (excluding diaryl/α,β-unsaturated/α-hetero) is 1. The summed E-state index contributed by atoms with van der Waals surface area (Å²) in [5, 5.41) is 12.2. The second-order valence-corrected chi connectivity index (χ2v) is 9.57. The molecule has 0 saturated heterocycles. The molecule has 7 nitrogen and oxygen atoms in total. The average molecular weight is 515 g/mol. The number of hydrogen-bond donors (Lipinski definition) is 4. The lowest BCUT2D eigenvalue weighted by Crippen LogP contribution is -2.24. The number of nitrogens with two attached hydrogens (primary N) is 1. The monoisotopic (exact) mass is 514 g/mol. The van der Waals surface area contributed by atoms with Crippen LogP contribution in [0.5, 0.6) is 5.75 Å². The summed E-state index contributed by atoms with van der Waals surface area (Å²) >= 11 is 0. The Hall–Kier alpha value is -3.36. The van der Waals surface area contributed by atoms with Crippen LogP contribution in [0.15, 0.2) is 72.5 Å². The van der Waals surface area contributed by atoms with Crippen molar-refractivity contribution < 1.29 is 14.3 Å². The van der Waals surface area contributed by atoms with Gasteiger partial charge in [-0.05, 0) is 106 Å². The molecule has 0 unspecified atom stereocenters. The Morgan fingerprint density at radius 3 is 1.97 bits per heavy atom. The maximum atomic E-state index is 13.1. The van der Waals surface area contributed by atoms with Gasteiger partial charge in [-0.15, -0.1) is 0 Å². The SMILES string of the molecule is NCCCNCCCCNCCCNCc1ccc(OC2=CC(=O)c3cc4ccccc4cc3C2=O)cc1.